The molecule has 182 valence electrons. The topological polar surface area (TPSA) is 63.5 Å². The predicted molar refractivity (Wildman–Crippen MR) is 135 cm³/mol. The highest BCUT2D eigenvalue weighted by molar-refractivity contribution is 5.39. The normalized spacial score (nSPS) is 10.0. The fraction of sp³-hybridized carbons (Fsp3) is 0.360. The van der Waals surface area contributed by atoms with E-state index < -0.39 is 6.43 Å². The van der Waals surface area contributed by atoms with E-state index in [1.165, 1.54) is 12.3 Å². The number of ether oxygens (including phenoxy) is 1. The van der Waals surface area contributed by atoms with Crippen molar-refractivity contribution < 1.29 is 13.5 Å². The highest BCUT2D eigenvalue weighted by Gasteiger charge is 2.05. The van der Waals surface area contributed by atoms with E-state index in [1.807, 2.05) is 47.7 Å². The van der Waals surface area contributed by atoms with Crippen LogP contribution in [0.5, 0.6) is 5.88 Å². The van der Waals surface area contributed by atoms with Crippen LogP contribution in [0.1, 0.15) is 52.3 Å². The van der Waals surface area contributed by atoms with Gasteiger partial charge in [0.2, 0.25) is 5.88 Å². The average Bonchev–Trinajstić information content (AvgIpc) is 2.84. The molecule has 0 fully saturated rings. The van der Waals surface area contributed by atoms with Crippen molar-refractivity contribution in [3.8, 4) is 5.88 Å². The first-order valence-corrected chi connectivity index (χ1v) is 10.4. The number of halogens is 2. The van der Waals surface area contributed by atoms with Crippen LogP contribution in [0.25, 0.3) is 0 Å². The molecule has 0 atom stereocenters. The molecule has 2 aromatic heterocycles. The highest BCUT2D eigenvalue weighted by Crippen LogP contribution is 2.16. The molecule has 33 heavy (non-hydrogen) atoms. The smallest absolute Gasteiger partial charge is 0.265 e. The third-order valence-corrected chi connectivity index (χ3v) is 3.74. The molecule has 0 saturated heterocycles. The molecule has 0 aromatic carbocycles. The Morgan fingerprint density at radius 3 is 2.15 bits per heavy atom. The van der Waals surface area contributed by atoms with Gasteiger partial charge in [0.25, 0.3) is 6.43 Å². The lowest BCUT2D eigenvalue weighted by atomic mass is 10.2. The van der Waals surface area contributed by atoms with Gasteiger partial charge in [-0.15, -0.1) is 16.8 Å². The summed E-state index contributed by atoms with van der Waals surface area (Å²) in [6.45, 7) is 22.4. The van der Waals surface area contributed by atoms with Crippen LogP contribution in [0.2, 0.25) is 0 Å². The van der Waals surface area contributed by atoms with Crippen LogP contribution in [0.3, 0.4) is 0 Å². The van der Waals surface area contributed by atoms with Crippen LogP contribution in [0, 0.1) is 6.92 Å². The number of nitrogens with zero attached hydrogens (tertiary/aromatic N) is 5. The van der Waals surface area contributed by atoms with E-state index in [1.54, 1.807) is 36.2 Å². The number of hydrogen-bond acceptors (Lipinski definition) is 6. The predicted octanol–water partition coefficient (Wildman–Crippen LogP) is 6.98. The second-order valence-electron chi connectivity index (χ2n) is 6.28. The van der Waals surface area contributed by atoms with Crippen molar-refractivity contribution in [1.82, 2.24) is 15.2 Å². The number of alkyl halides is 2. The van der Waals surface area contributed by atoms with Crippen LogP contribution >= 0.6 is 0 Å². The van der Waals surface area contributed by atoms with E-state index in [0.717, 1.165) is 17.0 Å². The molecule has 2 rings (SSSR count). The molecule has 0 saturated carbocycles. The SMILES string of the molecule is C=CC.C=CN(C)c1ccc(OC/C(C)=C(\C)N=C)nn1.CC.Cc1ccc(C(F)F)cn1. The molecule has 0 aliphatic carbocycles. The molecule has 6 nitrogen and oxygen atoms in total. The number of aromatic nitrogens is 3. The Morgan fingerprint density at radius 1 is 1.15 bits per heavy atom. The van der Waals surface area contributed by atoms with Crippen LogP contribution in [-0.2, 0) is 0 Å². The Morgan fingerprint density at radius 2 is 1.76 bits per heavy atom. The molecule has 0 N–H and O–H groups in total. The van der Waals surface area contributed by atoms with E-state index in [2.05, 4.69) is 40.0 Å². The molecule has 0 bridgehead atoms. The first kappa shape index (κ1) is 31.8. The summed E-state index contributed by atoms with van der Waals surface area (Å²) >= 11 is 0. The first-order valence-electron chi connectivity index (χ1n) is 10.4. The fourth-order valence-corrected chi connectivity index (χ4v) is 1.70. The largest absolute Gasteiger partial charge is 0.472 e. The van der Waals surface area contributed by atoms with Crippen LogP contribution < -0.4 is 9.64 Å². The maximum absolute atomic E-state index is 11.9. The van der Waals surface area contributed by atoms with E-state index in [0.29, 0.717) is 18.3 Å². The number of hydrogen-bond donors (Lipinski definition) is 0. The van der Waals surface area contributed by atoms with Gasteiger partial charge in [-0.05, 0) is 58.3 Å². The zero-order chi connectivity index (χ0) is 25.8. The van der Waals surface area contributed by atoms with Gasteiger partial charge in [-0.3, -0.25) is 9.98 Å². The Labute approximate surface area is 197 Å². The summed E-state index contributed by atoms with van der Waals surface area (Å²) in [4.78, 5) is 9.34. The number of aliphatic imine (C=N–C) groups is 1. The van der Waals surface area contributed by atoms with Crippen LogP contribution in [0.15, 0.2) is 72.2 Å². The molecule has 8 heteroatoms. The summed E-state index contributed by atoms with van der Waals surface area (Å²) < 4.78 is 29.2. The van der Waals surface area contributed by atoms with Gasteiger partial charge in [-0.1, -0.05) is 32.6 Å². The van der Waals surface area contributed by atoms with Crippen molar-refractivity contribution in [2.24, 2.45) is 4.99 Å². The minimum Gasteiger partial charge on any atom is -0.472 e. The molecule has 0 amide bonds. The minimum absolute atomic E-state index is 0.0226. The van der Waals surface area contributed by atoms with Gasteiger partial charge in [-0.2, -0.15) is 0 Å². The summed E-state index contributed by atoms with van der Waals surface area (Å²) in [6, 6.07) is 6.54. The van der Waals surface area contributed by atoms with E-state index in [9.17, 15) is 8.78 Å². The minimum atomic E-state index is -2.41. The van der Waals surface area contributed by atoms with E-state index in [4.69, 9.17) is 4.74 Å². The maximum atomic E-state index is 11.9. The molecule has 0 radical (unpaired) electrons. The first-order chi connectivity index (χ1) is 15.7. The van der Waals surface area contributed by atoms with Gasteiger partial charge >= 0.3 is 0 Å². The van der Waals surface area contributed by atoms with Crippen molar-refractivity contribution in [3.05, 3.63) is 78.4 Å². The quantitative estimate of drug-likeness (QED) is 0.329. The maximum Gasteiger partial charge on any atom is 0.265 e. The van der Waals surface area contributed by atoms with E-state index in [-0.39, 0.29) is 5.56 Å². The molecule has 2 heterocycles. The van der Waals surface area contributed by atoms with Crippen molar-refractivity contribution in [1.29, 1.82) is 0 Å². The van der Waals surface area contributed by atoms with E-state index >= 15 is 0 Å². The molecule has 2 aromatic rings. The molecule has 0 spiro atoms. The summed E-state index contributed by atoms with van der Waals surface area (Å²) in [5, 5.41) is 7.99. The van der Waals surface area contributed by atoms with Crippen LogP contribution in [0.4, 0.5) is 14.6 Å². The van der Waals surface area contributed by atoms with Gasteiger partial charge < -0.3 is 9.64 Å². The highest BCUT2D eigenvalue weighted by atomic mass is 19.3. The second-order valence-corrected chi connectivity index (χ2v) is 6.28. The lowest BCUT2D eigenvalue weighted by molar-refractivity contribution is 0.151. The van der Waals surface area contributed by atoms with Crippen molar-refractivity contribution >= 4 is 12.5 Å². The summed E-state index contributed by atoms with van der Waals surface area (Å²) in [5.41, 5.74) is 2.61. The Hall–Kier alpha value is -3.42. The molecular weight excluding hydrogens is 424 g/mol. The van der Waals surface area contributed by atoms with Crippen molar-refractivity contribution in [2.75, 3.05) is 18.6 Å². The van der Waals surface area contributed by atoms with Gasteiger partial charge in [0.15, 0.2) is 5.82 Å². The van der Waals surface area contributed by atoms with Gasteiger partial charge in [0.05, 0.1) is 0 Å². The van der Waals surface area contributed by atoms with Gasteiger partial charge in [0.1, 0.15) is 6.61 Å². The van der Waals surface area contributed by atoms with Gasteiger partial charge in [0, 0.05) is 36.3 Å². The van der Waals surface area contributed by atoms with Crippen LogP contribution in [-0.4, -0.2) is 35.6 Å². The Bertz CT molecular complexity index is 835. The zero-order valence-electron chi connectivity index (χ0n) is 20.8. The monoisotopic (exact) mass is 461 g/mol. The second kappa shape index (κ2) is 19.3. The fourth-order valence-electron chi connectivity index (χ4n) is 1.70. The summed E-state index contributed by atoms with van der Waals surface area (Å²) in [7, 11) is 1.85. The molecule has 0 aliphatic heterocycles. The standard InChI is InChI=1S/C13H18N4O.C7H7F2N.C3H6.C2H6/c1-6-17(5)12-7-8-13(16-15-12)18-9-10(2)11(3)14-4;1-5-2-3-6(4-10-5)7(8)9;1-3-2;1-2/h6-8H,1,4,9H2,2-3,5H3;2-4,7H,1H3;3H,1H2,2H3;1-2H3/b11-10+;;;. The molecular formula is C25H37F2N5O. The number of allylic oxidation sites excluding steroid dienone is 2. The third kappa shape index (κ3) is 14.3. The van der Waals surface area contributed by atoms with Crippen molar-refractivity contribution in [2.45, 2.75) is 48.0 Å². The third-order valence-electron chi connectivity index (χ3n) is 3.74. The molecule has 0 aliphatic rings. The number of pyridine rings is 1. The average molecular weight is 462 g/mol. The Balaban J connectivity index is 0. The number of rotatable bonds is 7. The number of aryl methyl sites for hydroxylation is 1. The summed E-state index contributed by atoms with van der Waals surface area (Å²) in [6.07, 6.45) is 2.20. The van der Waals surface area contributed by atoms with Crippen molar-refractivity contribution in [3.63, 3.8) is 0 Å². The number of anilines is 1. The van der Waals surface area contributed by atoms with Gasteiger partial charge in [-0.25, -0.2) is 8.78 Å². The molecule has 0 unspecified atom stereocenters. The summed E-state index contributed by atoms with van der Waals surface area (Å²) in [5.74, 6) is 1.20. The Kier molecular flexibility index (Phi) is 18.6. The lowest BCUT2D eigenvalue weighted by Crippen LogP contribution is -2.10. The zero-order valence-corrected chi connectivity index (χ0v) is 20.8. The lowest BCUT2D eigenvalue weighted by Gasteiger charge is -2.11.